The molecule has 254 valence electrons. The van der Waals surface area contributed by atoms with Crippen LogP contribution in [0.15, 0.2) is 57.0 Å². The zero-order valence-corrected chi connectivity index (χ0v) is 27.4. The maximum atomic E-state index is 12.4. The second-order valence-electron chi connectivity index (χ2n) is 8.46. The lowest BCUT2D eigenvalue weighted by Crippen LogP contribution is -2.16. The van der Waals surface area contributed by atoms with Gasteiger partial charge in [-0.3, -0.25) is 0 Å². The van der Waals surface area contributed by atoms with Crippen molar-refractivity contribution >= 4 is 47.4 Å². The molecule has 0 aliphatic carbocycles. The van der Waals surface area contributed by atoms with Crippen molar-refractivity contribution in [1.82, 2.24) is 0 Å². The number of ether oxygens (including phenoxy) is 10. The van der Waals surface area contributed by atoms with E-state index in [9.17, 15) is 19.2 Å². The van der Waals surface area contributed by atoms with Crippen LogP contribution in [-0.2, 0) is 57.1 Å². The molecule has 0 bridgehead atoms. The van der Waals surface area contributed by atoms with Crippen molar-refractivity contribution in [2.45, 2.75) is 9.79 Å². The maximum Gasteiger partial charge on any atom is 0.347 e. The van der Waals surface area contributed by atoms with Crippen molar-refractivity contribution in [2.24, 2.45) is 0 Å². The highest BCUT2D eigenvalue weighted by atomic mass is 32.2. The van der Waals surface area contributed by atoms with Crippen LogP contribution in [-0.4, -0.2) is 117 Å². The van der Waals surface area contributed by atoms with Gasteiger partial charge in [-0.15, -0.1) is 0 Å². The summed E-state index contributed by atoms with van der Waals surface area (Å²) < 4.78 is 53.3. The zero-order chi connectivity index (χ0) is 33.6. The summed E-state index contributed by atoms with van der Waals surface area (Å²) in [5.74, 6) is -1.68. The third-order valence-corrected chi connectivity index (χ3v) is 8.03. The first-order chi connectivity index (χ1) is 22.4. The van der Waals surface area contributed by atoms with Crippen LogP contribution < -0.4 is 9.47 Å². The number of carbonyl (C=O) groups is 4. The van der Waals surface area contributed by atoms with Crippen LogP contribution in [0.1, 0.15) is 0 Å². The lowest BCUT2D eigenvalue weighted by atomic mass is 10.3. The summed E-state index contributed by atoms with van der Waals surface area (Å²) in [5, 5.41) is 0. The SMILES string of the molecule is C=CC(=O)OCCOCCOCCOc1ccc(OCCOCCOCCOC(=O)C=C)c2c1SC(=C(C(=O)OC)C(=O)OC)S2. The van der Waals surface area contributed by atoms with E-state index in [2.05, 4.69) is 13.2 Å². The summed E-state index contributed by atoms with van der Waals surface area (Å²) in [7, 11) is 2.36. The largest absolute Gasteiger partial charge is 0.490 e. The van der Waals surface area contributed by atoms with Crippen LogP contribution in [0.3, 0.4) is 0 Å². The van der Waals surface area contributed by atoms with Gasteiger partial charge in [0, 0.05) is 12.2 Å². The fourth-order valence-corrected chi connectivity index (χ4v) is 5.96. The van der Waals surface area contributed by atoms with Crippen LogP contribution in [0.2, 0.25) is 0 Å². The average molecular weight is 687 g/mol. The Morgan fingerprint density at radius 2 is 0.935 bits per heavy atom. The summed E-state index contributed by atoms with van der Waals surface area (Å²) >= 11 is 2.33. The smallest absolute Gasteiger partial charge is 0.347 e. The minimum atomic E-state index is -0.830. The van der Waals surface area contributed by atoms with E-state index in [0.717, 1.165) is 35.7 Å². The topological polar surface area (TPSA) is 161 Å². The molecule has 1 aliphatic heterocycles. The van der Waals surface area contributed by atoms with E-state index in [4.69, 9.17) is 47.4 Å². The van der Waals surface area contributed by atoms with Crippen molar-refractivity contribution in [3.8, 4) is 11.5 Å². The molecule has 1 aromatic carbocycles. The molecule has 14 nitrogen and oxygen atoms in total. The number of benzene rings is 1. The molecule has 1 aliphatic rings. The van der Waals surface area contributed by atoms with Crippen LogP contribution in [0.25, 0.3) is 0 Å². The van der Waals surface area contributed by atoms with Gasteiger partial charge in [0.05, 0.1) is 81.1 Å². The molecule has 1 heterocycles. The molecule has 2 rings (SSSR count). The van der Waals surface area contributed by atoms with Crippen molar-refractivity contribution in [3.63, 3.8) is 0 Å². The molecule has 0 N–H and O–H groups in total. The molecular weight excluding hydrogens is 648 g/mol. The number of esters is 4. The van der Waals surface area contributed by atoms with E-state index >= 15 is 0 Å². The molecule has 0 atom stereocenters. The van der Waals surface area contributed by atoms with Gasteiger partial charge in [-0.05, 0) is 12.1 Å². The first-order valence-electron chi connectivity index (χ1n) is 13.9. The number of carbonyl (C=O) groups excluding carboxylic acids is 4. The Morgan fingerprint density at radius 3 is 1.28 bits per heavy atom. The van der Waals surface area contributed by atoms with E-state index in [-0.39, 0.29) is 58.4 Å². The molecule has 0 amide bonds. The van der Waals surface area contributed by atoms with Gasteiger partial charge in [0.15, 0.2) is 5.57 Å². The fraction of sp³-hybridized carbons (Fsp3) is 0.467. The van der Waals surface area contributed by atoms with Crippen molar-refractivity contribution in [3.05, 3.63) is 47.3 Å². The molecule has 0 fully saturated rings. The van der Waals surface area contributed by atoms with E-state index in [1.54, 1.807) is 12.1 Å². The van der Waals surface area contributed by atoms with Crippen molar-refractivity contribution in [2.75, 3.05) is 93.5 Å². The average Bonchev–Trinajstić information content (AvgIpc) is 3.51. The van der Waals surface area contributed by atoms with Crippen LogP contribution in [0.4, 0.5) is 0 Å². The Labute approximate surface area is 275 Å². The van der Waals surface area contributed by atoms with Gasteiger partial charge >= 0.3 is 23.9 Å². The van der Waals surface area contributed by atoms with E-state index in [0.29, 0.717) is 52.0 Å². The molecule has 0 unspecified atom stereocenters. The second-order valence-corrected chi connectivity index (χ2v) is 10.8. The number of methoxy groups -OCH3 is 2. The summed E-state index contributed by atoms with van der Waals surface area (Å²) in [4.78, 5) is 48.2. The van der Waals surface area contributed by atoms with Gasteiger partial charge in [0.25, 0.3) is 0 Å². The Hall–Kier alpha value is -3.54. The predicted octanol–water partition coefficient (Wildman–Crippen LogP) is 2.72. The number of thioether (sulfide) groups is 2. The van der Waals surface area contributed by atoms with Gasteiger partial charge in [-0.25, -0.2) is 19.2 Å². The molecule has 0 radical (unpaired) electrons. The van der Waals surface area contributed by atoms with Crippen LogP contribution in [0, 0.1) is 0 Å². The Bertz CT molecular complexity index is 1130. The standard InChI is InChI=1S/C30H38O14S2/c1-5-23(31)43-19-15-39-11-9-37-13-17-41-21-7-8-22(42-18-14-38-10-12-40-16-20-44-24(32)6-2)27-26(21)45-30(46-27)25(28(33)35-3)29(34)36-4/h5-8H,1-2,9-20H2,3-4H3. The quantitative estimate of drug-likeness (QED) is 0.0390. The highest BCUT2D eigenvalue weighted by Crippen LogP contribution is 2.59. The summed E-state index contributed by atoms with van der Waals surface area (Å²) in [6.45, 7) is 9.53. The van der Waals surface area contributed by atoms with Gasteiger partial charge in [-0.1, -0.05) is 36.7 Å². The highest BCUT2D eigenvalue weighted by molar-refractivity contribution is 8.25. The minimum absolute atomic E-state index is 0.124. The Morgan fingerprint density at radius 1 is 0.587 bits per heavy atom. The summed E-state index contributed by atoms with van der Waals surface area (Å²) in [6, 6.07) is 3.45. The Kier molecular flexibility index (Phi) is 19.2. The lowest BCUT2D eigenvalue weighted by molar-refractivity contribution is -0.144. The molecular formula is C30H38O14S2. The molecule has 0 saturated carbocycles. The van der Waals surface area contributed by atoms with E-state index in [1.807, 2.05) is 0 Å². The normalized spacial score (nSPS) is 11.7. The van der Waals surface area contributed by atoms with Crippen molar-refractivity contribution < 1.29 is 66.5 Å². The molecule has 46 heavy (non-hydrogen) atoms. The van der Waals surface area contributed by atoms with Gasteiger partial charge in [-0.2, -0.15) is 0 Å². The zero-order valence-electron chi connectivity index (χ0n) is 25.7. The number of rotatable bonds is 24. The van der Waals surface area contributed by atoms with Crippen molar-refractivity contribution in [1.29, 1.82) is 0 Å². The first kappa shape index (κ1) is 38.6. The summed E-state index contributed by atoms with van der Waals surface area (Å²) in [5.41, 5.74) is -0.238. The van der Waals surface area contributed by atoms with Crippen LogP contribution >= 0.6 is 23.5 Å². The maximum absolute atomic E-state index is 12.4. The first-order valence-corrected chi connectivity index (χ1v) is 15.6. The van der Waals surface area contributed by atoms with Crippen LogP contribution in [0.5, 0.6) is 11.5 Å². The molecule has 16 heteroatoms. The number of fused-ring (bicyclic) bond motifs is 1. The lowest BCUT2D eigenvalue weighted by Gasteiger charge is -2.14. The van der Waals surface area contributed by atoms with Gasteiger partial charge in [0.2, 0.25) is 0 Å². The Balaban J connectivity index is 1.91. The monoisotopic (exact) mass is 686 g/mol. The molecule has 0 aromatic heterocycles. The molecule has 0 saturated heterocycles. The third-order valence-electron chi connectivity index (χ3n) is 5.40. The minimum Gasteiger partial charge on any atom is -0.490 e. The molecule has 1 aromatic rings. The second kappa shape index (κ2) is 22.9. The van der Waals surface area contributed by atoms with E-state index < -0.39 is 23.9 Å². The fourth-order valence-electron chi connectivity index (χ4n) is 3.29. The summed E-state index contributed by atoms with van der Waals surface area (Å²) in [6.07, 6.45) is 2.16. The predicted molar refractivity (Wildman–Crippen MR) is 166 cm³/mol. The highest BCUT2D eigenvalue weighted by Gasteiger charge is 2.34. The van der Waals surface area contributed by atoms with Gasteiger partial charge in [0.1, 0.15) is 37.9 Å². The molecule has 0 spiro atoms. The number of hydrogen-bond acceptors (Lipinski definition) is 16. The third kappa shape index (κ3) is 13.8. The number of hydrogen-bond donors (Lipinski definition) is 0. The van der Waals surface area contributed by atoms with E-state index in [1.165, 1.54) is 14.2 Å². The van der Waals surface area contributed by atoms with Gasteiger partial charge < -0.3 is 47.4 Å².